The van der Waals surface area contributed by atoms with Crippen molar-refractivity contribution in [1.29, 1.82) is 0 Å². The van der Waals surface area contributed by atoms with Crippen LogP contribution >= 0.6 is 23.4 Å². The largest absolute Gasteiger partial charge is 0.451 e. The van der Waals surface area contributed by atoms with Gasteiger partial charge in [0.25, 0.3) is 5.91 Å². The van der Waals surface area contributed by atoms with Crippen LogP contribution in [0, 0.1) is 0 Å². The molecule has 33 heavy (non-hydrogen) atoms. The lowest BCUT2D eigenvalue weighted by Gasteiger charge is -2.12. The SMILES string of the molecule is CN(C)S(=O)(=O)c1cccc(NC(=O)c2oc3ccccc3c2CSc2ccc(Cl)cc2)c1. The number of furan rings is 1. The minimum absolute atomic E-state index is 0.0911. The van der Waals surface area contributed by atoms with Gasteiger partial charge in [0.1, 0.15) is 5.58 Å². The lowest BCUT2D eigenvalue weighted by Crippen LogP contribution is -2.22. The molecule has 0 saturated heterocycles. The van der Waals surface area contributed by atoms with E-state index in [1.165, 1.54) is 26.2 Å². The van der Waals surface area contributed by atoms with Crippen molar-refractivity contribution >= 4 is 55.9 Å². The summed E-state index contributed by atoms with van der Waals surface area (Å²) < 4.78 is 31.9. The van der Waals surface area contributed by atoms with Crippen LogP contribution in [0.1, 0.15) is 16.1 Å². The summed E-state index contributed by atoms with van der Waals surface area (Å²) in [5, 5.41) is 4.29. The number of fused-ring (bicyclic) bond motifs is 1. The molecule has 0 aliphatic rings. The normalized spacial score (nSPS) is 11.8. The molecule has 0 fully saturated rings. The number of benzene rings is 3. The first-order chi connectivity index (χ1) is 15.8. The van der Waals surface area contributed by atoms with E-state index in [1.54, 1.807) is 23.9 Å². The van der Waals surface area contributed by atoms with Gasteiger partial charge in [0.05, 0.1) is 4.90 Å². The smallest absolute Gasteiger partial charge is 0.291 e. The van der Waals surface area contributed by atoms with Gasteiger partial charge in [-0.3, -0.25) is 4.79 Å². The number of anilines is 1. The minimum Gasteiger partial charge on any atom is -0.451 e. The molecule has 1 amide bonds. The van der Waals surface area contributed by atoms with Gasteiger partial charge in [-0.15, -0.1) is 11.8 Å². The first-order valence-corrected chi connectivity index (χ1v) is 12.8. The summed E-state index contributed by atoms with van der Waals surface area (Å²) in [7, 11) is -0.709. The van der Waals surface area contributed by atoms with Crippen LogP contribution in [0.25, 0.3) is 11.0 Å². The molecule has 0 radical (unpaired) electrons. The van der Waals surface area contributed by atoms with Gasteiger partial charge in [0.15, 0.2) is 5.76 Å². The zero-order valence-electron chi connectivity index (χ0n) is 17.9. The molecule has 1 aromatic heterocycles. The molecular formula is C24H21ClN2O4S2. The van der Waals surface area contributed by atoms with Crippen LogP contribution in [0.15, 0.2) is 87.0 Å². The first kappa shape index (κ1) is 23.4. The number of rotatable bonds is 7. The third-order valence-corrected chi connectivity index (χ3v) is 8.07. The standard InChI is InChI=1S/C24H21ClN2O4S2/c1-27(2)33(29,30)19-7-5-6-17(14-19)26-24(28)23-21(20-8-3-4-9-22(20)31-23)15-32-18-12-10-16(25)11-13-18/h3-14H,15H2,1-2H3,(H,26,28). The van der Waals surface area contributed by atoms with Crippen LogP contribution in [-0.4, -0.2) is 32.7 Å². The second-order valence-corrected chi connectivity index (χ2v) is 11.1. The van der Waals surface area contributed by atoms with Gasteiger partial charge >= 0.3 is 0 Å². The average Bonchev–Trinajstić information content (AvgIpc) is 3.17. The number of sulfonamides is 1. The molecule has 0 bridgehead atoms. The molecule has 0 aliphatic carbocycles. The van der Waals surface area contributed by atoms with E-state index in [2.05, 4.69) is 5.32 Å². The second-order valence-electron chi connectivity index (χ2n) is 7.42. The Bertz CT molecular complexity index is 1410. The number of carbonyl (C=O) groups excluding carboxylic acids is 1. The van der Waals surface area contributed by atoms with Crippen molar-refractivity contribution in [3.63, 3.8) is 0 Å². The minimum atomic E-state index is -3.62. The van der Waals surface area contributed by atoms with E-state index >= 15 is 0 Å². The number of nitrogens with zero attached hydrogens (tertiary/aromatic N) is 1. The van der Waals surface area contributed by atoms with Gasteiger partial charge in [-0.1, -0.05) is 35.9 Å². The zero-order valence-corrected chi connectivity index (χ0v) is 20.3. The number of thioether (sulfide) groups is 1. The van der Waals surface area contributed by atoms with Crippen molar-refractivity contribution in [2.24, 2.45) is 0 Å². The topological polar surface area (TPSA) is 79.6 Å². The van der Waals surface area contributed by atoms with Crippen molar-refractivity contribution < 1.29 is 17.6 Å². The second kappa shape index (κ2) is 9.61. The predicted molar refractivity (Wildman–Crippen MR) is 132 cm³/mol. The van der Waals surface area contributed by atoms with Gasteiger partial charge in [0, 0.05) is 46.4 Å². The van der Waals surface area contributed by atoms with Crippen LogP contribution in [0.5, 0.6) is 0 Å². The van der Waals surface area contributed by atoms with Gasteiger partial charge in [-0.2, -0.15) is 0 Å². The number of halogens is 1. The van der Waals surface area contributed by atoms with E-state index in [0.29, 0.717) is 22.0 Å². The maximum atomic E-state index is 13.2. The molecule has 0 atom stereocenters. The molecule has 6 nitrogen and oxygen atoms in total. The molecule has 0 unspecified atom stereocenters. The number of hydrogen-bond acceptors (Lipinski definition) is 5. The van der Waals surface area contributed by atoms with Crippen LogP contribution in [0.4, 0.5) is 5.69 Å². The number of para-hydroxylation sites is 1. The fourth-order valence-electron chi connectivity index (χ4n) is 3.24. The molecular weight excluding hydrogens is 480 g/mol. The van der Waals surface area contributed by atoms with E-state index in [-0.39, 0.29) is 10.7 Å². The summed E-state index contributed by atoms with van der Waals surface area (Å²) in [6, 6.07) is 21.1. The van der Waals surface area contributed by atoms with E-state index in [4.69, 9.17) is 16.0 Å². The van der Waals surface area contributed by atoms with Gasteiger partial charge in [-0.25, -0.2) is 12.7 Å². The molecule has 1 N–H and O–H groups in total. The zero-order chi connectivity index (χ0) is 23.6. The average molecular weight is 501 g/mol. The molecule has 3 aromatic carbocycles. The molecule has 4 rings (SSSR count). The van der Waals surface area contributed by atoms with Crippen LogP contribution in [0.2, 0.25) is 5.02 Å². The van der Waals surface area contributed by atoms with Crippen molar-refractivity contribution in [3.8, 4) is 0 Å². The number of carbonyl (C=O) groups is 1. The Kier molecular flexibility index (Phi) is 6.81. The Labute approximate surface area is 201 Å². The highest BCUT2D eigenvalue weighted by Gasteiger charge is 2.22. The summed E-state index contributed by atoms with van der Waals surface area (Å²) in [6.45, 7) is 0. The highest BCUT2D eigenvalue weighted by molar-refractivity contribution is 7.98. The fourth-order valence-corrected chi connectivity index (χ4v) is 5.25. The van der Waals surface area contributed by atoms with Crippen molar-refractivity contribution in [2.45, 2.75) is 15.5 Å². The van der Waals surface area contributed by atoms with Crippen LogP contribution in [0.3, 0.4) is 0 Å². The number of nitrogens with one attached hydrogen (secondary N) is 1. The first-order valence-electron chi connectivity index (χ1n) is 9.98. The Hall–Kier alpha value is -2.78. The van der Waals surface area contributed by atoms with Crippen LogP contribution < -0.4 is 5.32 Å². The Balaban J connectivity index is 1.63. The molecule has 0 spiro atoms. The van der Waals surface area contributed by atoms with Crippen LogP contribution in [-0.2, 0) is 15.8 Å². The van der Waals surface area contributed by atoms with E-state index < -0.39 is 15.9 Å². The summed E-state index contributed by atoms with van der Waals surface area (Å²) in [5.74, 6) is 0.257. The predicted octanol–water partition coefficient (Wildman–Crippen LogP) is 5.88. The number of amides is 1. The third kappa shape index (κ3) is 5.09. The molecule has 0 saturated carbocycles. The lowest BCUT2D eigenvalue weighted by atomic mass is 10.1. The van der Waals surface area contributed by atoms with Crippen molar-refractivity contribution in [3.05, 3.63) is 89.1 Å². The van der Waals surface area contributed by atoms with Gasteiger partial charge in [0.2, 0.25) is 10.0 Å². The van der Waals surface area contributed by atoms with Crippen molar-refractivity contribution in [2.75, 3.05) is 19.4 Å². The monoisotopic (exact) mass is 500 g/mol. The van der Waals surface area contributed by atoms with E-state index in [9.17, 15) is 13.2 Å². The summed E-state index contributed by atoms with van der Waals surface area (Å²) >= 11 is 7.54. The molecule has 170 valence electrons. The van der Waals surface area contributed by atoms with E-state index in [0.717, 1.165) is 20.2 Å². The maximum Gasteiger partial charge on any atom is 0.291 e. The third-order valence-electron chi connectivity index (χ3n) is 4.97. The summed E-state index contributed by atoms with van der Waals surface area (Å²) in [5.41, 5.74) is 1.73. The highest BCUT2D eigenvalue weighted by Crippen LogP contribution is 2.33. The Morgan fingerprint density at radius 3 is 2.48 bits per heavy atom. The number of hydrogen-bond donors (Lipinski definition) is 1. The van der Waals surface area contributed by atoms with Gasteiger partial charge < -0.3 is 9.73 Å². The molecule has 4 aromatic rings. The molecule has 1 heterocycles. The highest BCUT2D eigenvalue weighted by atomic mass is 35.5. The summed E-state index contributed by atoms with van der Waals surface area (Å²) in [4.78, 5) is 14.3. The van der Waals surface area contributed by atoms with Crippen molar-refractivity contribution in [1.82, 2.24) is 4.31 Å². The Morgan fingerprint density at radius 1 is 1.03 bits per heavy atom. The Morgan fingerprint density at radius 2 is 1.76 bits per heavy atom. The van der Waals surface area contributed by atoms with E-state index in [1.807, 2.05) is 48.5 Å². The summed E-state index contributed by atoms with van der Waals surface area (Å²) in [6.07, 6.45) is 0. The van der Waals surface area contributed by atoms with Gasteiger partial charge in [-0.05, 0) is 48.5 Å². The quantitative estimate of drug-likeness (QED) is 0.320. The lowest BCUT2D eigenvalue weighted by molar-refractivity contribution is 0.0997. The molecule has 0 aliphatic heterocycles. The molecule has 9 heteroatoms. The fraction of sp³-hybridized carbons (Fsp3) is 0.125. The maximum absolute atomic E-state index is 13.2.